The minimum Gasteiger partial charge on any atom is -0.206 e. The lowest BCUT2D eigenvalue weighted by Gasteiger charge is -2.22. The molecule has 1 aliphatic rings. The molecule has 0 amide bonds. The smallest absolute Gasteiger partial charge is 0.206 e. The van der Waals surface area contributed by atoms with Gasteiger partial charge in [0, 0.05) is 17.1 Å². The first kappa shape index (κ1) is 12.5. The third kappa shape index (κ3) is 2.08. The van der Waals surface area contributed by atoms with E-state index in [2.05, 4.69) is 15.9 Å². The van der Waals surface area contributed by atoms with Crippen LogP contribution in [0.2, 0.25) is 0 Å². The van der Waals surface area contributed by atoms with Gasteiger partial charge < -0.3 is 0 Å². The average molecular weight is 324 g/mol. The summed E-state index contributed by atoms with van der Waals surface area (Å²) in [6.45, 7) is 2.70. The van der Waals surface area contributed by atoms with E-state index in [0.29, 0.717) is 15.2 Å². The molecule has 2 heterocycles. The summed E-state index contributed by atoms with van der Waals surface area (Å²) in [6.07, 6.45) is 2.85. The molecule has 1 unspecified atom stereocenters. The monoisotopic (exact) mass is 323 g/mol. The second kappa shape index (κ2) is 4.76. The van der Waals surface area contributed by atoms with E-state index in [0.717, 1.165) is 19.3 Å². The fourth-order valence-electron chi connectivity index (χ4n) is 2.10. The Morgan fingerprint density at radius 3 is 2.94 bits per heavy atom. The van der Waals surface area contributed by atoms with Crippen molar-refractivity contribution >= 4 is 37.3 Å². The summed E-state index contributed by atoms with van der Waals surface area (Å²) in [5.41, 5.74) is 0. The van der Waals surface area contributed by atoms with Crippen LogP contribution in [0.4, 0.5) is 0 Å². The molecule has 6 heteroatoms. The third-order valence-corrected chi connectivity index (χ3v) is 7.52. The molecule has 0 aromatic carbocycles. The van der Waals surface area contributed by atoms with Crippen molar-refractivity contribution in [3.05, 3.63) is 15.9 Å². The van der Waals surface area contributed by atoms with Gasteiger partial charge in [-0.3, -0.25) is 0 Å². The quantitative estimate of drug-likeness (QED) is 0.857. The molecular formula is C10H14BrNO2S2. The van der Waals surface area contributed by atoms with E-state index in [1.807, 2.05) is 6.92 Å². The van der Waals surface area contributed by atoms with Crippen LogP contribution in [0, 0.1) is 0 Å². The number of hydrogen-bond donors (Lipinski definition) is 0. The van der Waals surface area contributed by atoms with E-state index < -0.39 is 10.0 Å². The van der Waals surface area contributed by atoms with Crippen LogP contribution in [0.25, 0.3) is 0 Å². The molecule has 1 fully saturated rings. The SMILES string of the molecule is CCC1CCCN1S(=O)(=O)c1sccc1Br. The molecule has 0 saturated carbocycles. The van der Waals surface area contributed by atoms with Crippen molar-refractivity contribution in [1.29, 1.82) is 0 Å². The van der Waals surface area contributed by atoms with Crippen LogP contribution in [0.1, 0.15) is 26.2 Å². The summed E-state index contributed by atoms with van der Waals surface area (Å²) >= 11 is 4.57. The van der Waals surface area contributed by atoms with E-state index in [-0.39, 0.29) is 6.04 Å². The molecule has 0 bridgehead atoms. The summed E-state index contributed by atoms with van der Waals surface area (Å²) < 4.78 is 27.6. The highest BCUT2D eigenvalue weighted by Gasteiger charge is 2.35. The molecule has 3 nitrogen and oxygen atoms in total. The van der Waals surface area contributed by atoms with Crippen LogP contribution < -0.4 is 0 Å². The molecule has 0 spiro atoms. The van der Waals surface area contributed by atoms with Crippen LogP contribution in [0.5, 0.6) is 0 Å². The number of thiophene rings is 1. The molecular weight excluding hydrogens is 310 g/mol. The predicted molar refractivity (Wildman–Crippen MR) is 69.2 cm³/mol. The second-order valence-corrected chi connectivity index (χ2v) is 7.73. The fraction of sp³-hybridized carbons (Fsp3) is 0.600. The molecule has 1 aliphatic heterocycles. The Hall–Kier alpha value is 0.0900. The van der Waals surface area contributed by atoms with E-state index in [1.54, 1.807) is 15.8 Å². The maximum atomic E-state index is 12.4. The van der Waals surface area contributed by atoms with Crippen molar-refractivity contribution in [1.82, 2.24) is 4.31 Å². The lowest BCUT2D eigenvalue weighted by molar-refractivity contribution is 0.380. The van der Waals surface area contributed by atoms with Gasteiger partial charge >= 0.3 is 0 Å². The summed E-state index contributed by atoms with van der Waals surface area (Å²) in [5.74, 6) is 0. The number of rotatable bonds is 3. The van der Waals surface area contributed by atoms with Crippen molar-refractivity contribution in [2.45, 2.75) is 36.4 Å². The van der Waals surface area contributed by atoms with Gasteiger partial charge in [0.2, 0.25) is 0 Å². The summed E-state index contributed by atoms with van der Waals surface area (Å²) in [4.78, 5) is 0. The number of nitrogens with zero attached hydrogens (tertiary/aromatic N) is 1. The Bertz CT molecular complexity index is 469. The van der Waals surface area contributed by atoms with Gasteiger partial charge in [-0.2, -0.15) is 4.31 Å². The number of halogens is 1. The van der Waals surface area contributed by atoms with Crippen molar-refractivity contribution in [3.63, 3.8) is 0 Å². The van der Waals surface area contributed by atoms with Gasteiger partial charge in [-0.15, -0.1) is 11.3 Å². The zero-order valence-electron chi connectivity index (χ0n) is 9.02. The molecule has 2 rings (SSSR count). The highest BCUT2D eigenvalue weighted by molar-refractivity contribution is 9.10. The van der Waals surface area contributed by atoms with Gasteiger partial charge in [0.05, 0.1) is 0 Å². The summed E-state index contributed by atoms with van der Waals surface area (Å²) in [7, 11) is -3.28. The van der Waals surface area contributed by atoms with Crippen molar-refractivity contribution < 1.29 is 8.42 Å². The Morgan fingerprint density at radius 1 is 1.62 bits per heavy atom. The first-order valence-corrected chi connectivity index (χ1v) is 8.43. The topological polar surface area (TPSA) is 37.4 Å². The lowest BCUT2D eigenvalue weighted by Crippen LogP contribution is -2.34. The molecule has 1 aromatic rings. The van der Waals surface area contributed by atoms with Crippen LogP contribution >= 0.6 is 27.3 Å². The molecule has 0 aliphatic carbocycles. The predicted octanol–water partition coefficient (Wildman–Crippen LogP) is 3.07. The third-order valence-electron chi connectivity index (χ3n) is 2.92. The van der Waals surface area contributed by atoms with Gasteiger partial charge in [0.25, 0.3) is 10.0 Å². The van der Waals surface area contributed by atoms with Crippen molar-refractivity contribution in [2.24, 2.45) is 0 Å². The first-order valence-electron chi connectivity index (χ1n) is 5.32. The zero-order chi connectivity index (χ0) is 11.8. The van der Waals surface area contributed by atoms with Gasteiger partial charge in [-0.1, -0.05) is 6.92 Å². The van der Waals surface area contributed by atoms with E-state index in [9.17, 15) is 8.42 Å². The maximum absolute atomic E-state index is 12.4. The van der Waals surface area contributed by atoms with E-state index >= 15 is 0 Å². The average Bonchev–Trinajstić information content (AvgIpc) is 2.85. The van der Waals surface area contributed by atoms with Gasteiger partial charge in [-0.05, 0) is 46.6 Å². The van der Waals surface area contributed by atoms with Gasteiger partial charge in [0.15, 0.2) is 0 Å². The number of hydrogen-bond acceptors (Lipinski definition) is 3. The number of sulfonamides is 1. The summed E-state index contributed by atoms with van der Waals surface area (Å²) in [5, 5.41) is 1.80. The van der Waals surface area contributed by atoms with Gasteiger partial charge in [0.1, 0.15) is 4.21 Å². The zero-order valence-corrected chi connectivity index (χ0v) is 12.2. The highest BCUT2D eigenvalue weighted by Crippen LogP contribution is 2.34. The normalized spacial score (nSPS) is 22.8. The Balaban J connectivity index is 2.36. The molecule has 16 heavy (non-hydrogen) atoms. The molecule has 90 valence electrons. The first-order chi connectivity index (χ1) is 7.57. The molecule has 0 radical (unpaired) electrons. The minimum atomic E-state index is -3.28. The molecule has 0 N–H and O–H groups in total. The van der Waals surface area contributed by atoms with Crippen LogP contribution in [0.3, 0.4) is 0 Å². The lowest BCUT2D eigenvalue weighted by atomic mass is 10.2. The minimum absolute atomic E-state index is 0.180. The fourth-order valence-corrected chi connectivity index (χ4v) is 6.30. The van der Waals surface area contributed by atoms with Crippen molar-refractivity contribution in [3.8, 4) is 0 Å². The second-order valence-electron chi connectivity index (χ2n) is 3.88. The van der Waals surface area contributed by atoms with Gasteiger partial charge in [-0.25, -0.2) is 8.42 Å². The van der Waals surface area contributed by atoms with Crippen LogP contribution in [0.15, 0.2) is 20.1 Å². The maximum Gasteiger partial charge on any atom is 0.253 e. The van der Waals surface area contributed by atoms with Crippen molar-refractivity contribution in [2.75, 3.05) is 6.54 Å². The summed E-state index contributed by atoms with van der Waals surface area (Å²) in [6, 6.07) is 1.97. The Labute approximate surface area is 109 Å². The largest absolute Gasteiger partial charge is 0.253 e. The Kier molecular flexibility index (Phi) is 3.73. The van der Waals surface area contributed by atoms with Crippen LogP contribution in [-0.2, 0) is 10.0 Å². The Morgan fingerprint density at radius 2 is 2.38 bits per heavy atom. The van der Waals surface area contributed by atoms with E-state index in [1.165, 1.54) is 11.3 Å². The molecule has 1 saturated heterocycles. The standard InChI is InChI=1S/C10H14BrNO2S2/c1-2-8-4-3-6-12(8)16(13,14)10-9(11)5-7-15-10/h5,7-8H,2-4,6H2,1H3. The van der Waals surface area contributed by atoms with E-state index in [4.69, 9.17) is 0 Å². The van der Waals surface area contributed by atoms with Crippen LogP contribution in [-0.4, -0.2) is 25.3 Å². The highest BCUT2D eigenvalue weighted by atomic mass is 79.9. The molecule has 1 aromatic heterocycles. The molecule has 1 atom stereocenters.